The summed E-state index contributed by atoms with van der Waals surface area (Å²) >= 11 is 0. The summed E-state index contributed by atoms with van der Waals surface area (Å²) in [5.74, 6) is -1.05. The van der Waals surface area contributed by atoms with E-state index in [1.54, 1.807) is 0 Å². The van der Waals surface area contributed by atoms with Gasteiger partial charge in [-0.2, -0.15) is 0 Å². The smallest absolute Gasteiger partial charge is 0.126 e. The lowest BCUT2D eigenvalue weighted by atomic mass is 10.2. The van der Waals surface area contributed by atoms with Gasteiger partial charge in [0.05, 0.1) is 0 Å². The molecular formula is C13H18F2N2. The standard InChI is InChI=1S/C13H18F2N2/c1-9(7-17-13-2-3-13)16-8-10-4-11(14)6-12(15)5-10/h4-6,9,13,16-17H,2-3,7-8H2,1H3. The van der Waals surface area contributed by atoms with Crippen LogP contribution in [0.2, 0.25) is 0 Å². The summed E-state index contributed by atoms with van der Waals surface area (Å²) in [5, 5.41) is 6.65. The van der Waals surface area contributed by atoms with E-state index in [-0.39, 0.29) is 0 Å². The molecule has 4 heteroatoms. The Labute approximate surface area is 100 Å². The summed E-state index contributed by atoms with van der Waals surface area (Å²) < 4.78 is 25.9. The van der Waals surface area contributed by atoms with E-state index in [1.807, 2.05) is 0 Å². The molecule has 1 aromatic carbocycles. The molecule has 1 saturated carbocycles. The molecule has 0 saturated heterocycles. The van der Waals surface area contributed by atoms with E-state index in [0.29, 0.717) is 24.2 Å². The van der Waals surface area contributed by atoms with Crippen molar-refractivity contribution in [3.63, 3.8) is 0 Å². The molecular weight excluding hydrogens is 222 g/mol. The van der Waals surface area contributed by atoms with Crippen LogP contribution in [-0.4, -0.2) is 18.6 Å². The van der Waals surface area contributed by atoms with E-state index < -0.39 is 11.6 Å². The average molecular weight is 240 g/mol. The summed E-state index contributed by atoms with van der Waals surface area (Å²) in [5.41, 5.74) is 0.640. The molecule has 1 unspecified atom stereocenters. The average Bonchev–Trinajstić information content (AvgIpc) is 3.06. The van der Waals surface area contributed by atoms with E-state index >= 15 is 0 Å². The van der Waals surface area contributed by atoms with Crippen LogP contribution in [0.3, 0.4) is 0 Å². The predicted molar refractivity (Wildman–Crippen MR) is 63.7 cm³/mol. The van der Waals surface area contributed by atoms with Crippen LogP contribution >= 0.6 is 0 Å². The Hall–Kier alpha value is -1.00. The Morgan fingerprint density at radius 2 is 1.88 bits per heavy atom. The number of nitrogens with one attached hydrogen (secondary N) is 2. The van der Waals surface area contributed by atoms with Gasteiger partial charge < -0.3 is 10.6 Å². The van der Waals surface area contributed by atoms with Crippen molar-refractivity contribution in [3.05, 3.63) is 35.4 Å². The number of hydrogen-bond donors (Lipinski definition) is 2. The van der Waals surface area contributed by atoms with Crippen LogP contribution in [0.1, 0.15) is 25.3 Å². The fourth-order valence-electron chi connectivity index (χ4n) is 1.71. The molecule has 2 rings (SSSR count). The van der Waals surface area contributed by atoms with Gasteiger partial charge in [-0.25, -0.2) is 8.78 Å². The quantitative estimate of drug-likeness (QED) is 0.796. The highest BCUT2D eigenvalue weighted by Crippen LogP contribution is 2.18. The highest BCUT2D eigenvalue weighted by molar-refractivity contribution is 5.17. The van der Waals surface area contributed by atoms with Crippen molar-refractivity contribution in [2.75, 3.05) is 6.54 Å². The van der Waals surface area contributed by atoms with Gasteiger partial charge in [0.2, 0.25) is 0 Å². The largest absolute Gasteiger partial charge is 0.312 e. The first kappa shape index (κ1) is 12.5. The molecule has 17 heavy (non-hydrogen) atoms. The van der Waals surface area contributed by atoms with Gasteiger partial charge in [0, 0.05) is 31.2 Å². The van der Waals surface area contributed by atoms with Crippen molar-refractivity contribution in [2.24, 2.45) is 0 Å². The Balaban J connectivity index is 1.75. The van der Waals surface area contributed by atoms with Gasteiger partial charge in [-0.1, -0.05) is 0 Å². The van der Waals surface area contributed by atoms with E-state index in [0.717, 1.165) is 12.6 Å². The first-order valence-electron chi connectivity index (χ1n) is 6.05. The minimum atomic E-state index is -0.523. The Morgan fingerprint density at radius 1 is 1.24 bits per heavy atom. The highest BCUT2D eigenvalue weighted by atomic mass is 19.1. The van der Waals surface area contributed by atoms with Crippen LogP contribution in [0.4, 0.5) is 8.78 Å². The Kier molecular flexibility index (Phi) is 4.07. The Morgan fingerprint density at radius 3 is 2.47 bits per heavy atom. The third-order valence-electron chi connectivity index (χ3n) is 2.87. The zero-order valence-electron chi connectivity index (χ0n) is 9.97. The van der Waals surface area contributed by atoms with Gasteiger partial charge in [-0.05, 0) is 37.5 Å². The maximum atomic E-state index is 12.9. The lowest BCUT2D eigenvalue weighted by Crippen LogP contribution is -2.36. The van der Waals surface area contributed by atoms with Gasteiger partial charge >= 0.3 is 0 Å². The third-order valence-corrected chi connectivity index (χ3v) is 2.87. The maximum Gasteiger partial charge on any atom is 0.126 e. The minimum absolute atomic E-state index is 0.293. The van der Waals surface area contributed by atoms with E-state index in [2.05, 4.69) is 17.6 Å². The minimum Gasteiger partial charge on any atom is -0.312 e. The molecule has 0 aromatic heterocycles. The van der Waals surface area contributed by atoms with E-state index in [1.165, 1.54) is 25.0 Å². The molecule has 1 fully saturated rings. The molecule has 0 bridgehead atoms. The van der Waals surface area contributed by atoms with Crippen LogP contribution in [0.15, 0.2) is 18.2 Å². The van der Waals surface area contributed by atoms with Crippen LogP contribution in [0.25, 0.3) is 0 Å². The maximum absolute atomic E-state index is 12.9. The predicted octanol–water partition coefficient (Wildman–Crippen LogP) is 2.19. The molecule has 1 aromatic rings. The second-order valence-electron chi connectivity index (χ2n) is 4.74. The van der Waals surface area contributed by atoms with Crippen LogP contribution in [-0.2, 0) is 6.54 Å². The first-order valence-corrected chi connectivity index (χ1v) is 6.05. The van der Waals surface area contributed by atoms with Gasteiger partial charge in [0.25, 0.3) is 0 Å². The van der Waals surface area contributed by atoms with E-state index in [9.17, 15) is 8.78 Å². The van der Waals surface area contributed by atoms with E-state index in [4.69, 9.17) is 0 Å². The lowest BCUT2D eigenvalue weighted by Gasteiger charge is -2.14. The molecule has 2 nitrogen and oxygen atoms in total. The SMILES string of the molecule is CC(CNC1CC1)NCc1cc(F)cc(F)c1. The zero-order valence-corrected chi connectivity index (χ0v) is 9.97. The molecule has 0 aliphatic heterocycles. The van der Waals surface area contributed by atoms with Crippen molar-refractivity contribution >= 4 is 0 Å². The van der Waals surface area contributed by atoms with Crippen LogP contribution in [0.5, 0.6) is 0 Å². The molecule has 1 aliphatic carbocycles. The van der Waals surface area contributed by atoms with Crippen molar-refractivity contribution in [1.29, 1.82) is 0 Å². The number of benzene rings is 1. The zero-order chi connectivity index (χ0) is 12.3. The molecule has 0 heterocycles. The molecule has 2 N–H and O–H groups in total. The van der Waals surface area contributed by atoms with Crippen molar-refractivity contribution in [2.45, 2.75) is 38.4 Å². The monoisotopic (exact) mass is 240 g/mol. The highest BCUT2D eigenvalue weighted by Gasteiger charge is 2.20. The molecule has 1 aliphatic rings. The van der Waals surface area contributed by atoms with Gasteiger partial charge in [-0.3, -0.25) is 0 Å². The summed E-state index contributed by atoms with van der Waals surface area (Å²) in [4.78, 5) is 0. The fraction of sp³-hybridized carbons (Fsp3) is 0.538. The number of rotatable bonds is 6. The van der Waals surface area contributed by atoms with Crippen LogP contribution < -0.4 is 10.6 Å². The molecule has 94 valence electrons. The topological polar surface area (TPSA) is 24.1 Å². The van der Waals surface area contributed by atoms with Gasteiger partial charge in [0.15, 0.2) is 0 Å². The van der Waals surface area contributed by atoms with Crippen LogP contribution in [0, 0.1) is 11.6 Å². The van der Waals surface area contributed by atoms with Crippen molar-refractivity contribution < 1.29 is 8.78 Å². The summed E-state index contributed by atoms with van der Waals surface area (Å²) in [6.07, 6.45) is 2.53. The summed E-state index contributed by atoms with van der Waals surface area (Å²) in [6, 6.07) is 4.59. The second-order valence-corrected chi connectivity index (χ2v) is 4.74. The summed E-state index contributed by atoms with van der Waals surface area (Å²) in [7, 11) is 0. The lowest BCUT2D eigenvalue weighted by molar-refractivity contribution is 0.496. The molecule has 0 spiro atoms. The summed E-state index contributed by atoms with van der Waals surface area (Å²) in [6.45, 7) is 3.44. The Bertz CT molecular complexity index is 357. The molecule has 0 amide bonds. The van der Waals surface area contributed by atoms with Gasteiger partial charge in [0.1, 0.15) is 11.6 Å². The number of hydrogen-bond acceptors (Lipinski definition) is 2. The second kappa shape index (κ2) is 5.56. The molecule has 1 atom stereocenters. The fourth-order valence-corrected chi connectivity index (χ4v) is 1.71. The normalized spacial score (nSPS) is 17.1. The first-order chi connectivity index (χ1) is 8.13. The molecule has 0 radical (unpaired) electrons. The van der Waals surface area contributed by atoms with Gasteiger partial charge in [-0.15, -0.1) is 0 Å². The van der Waals surface area contributed by atoms with Crippen molar-refractivity contribution in [1.82, 2.24) is 10.6 Å². The number of halogens is 2. The third kappa shape index (κ3) is 4.40. The van der Waals surface area contributed by atoms with Crippen molar-refractivity contribution in [3.8, 4) is 0 Å².